The molecule has 0 radical (unpaired) electrons. The van der Waals surface area contributed by atoms with E-state index in [4.69, 9.17) is 9.79 Å². The maximum absolute atomic E-state index is 9.55. The van der Waals surface area contributed by atoms with Gasteiger partial charge in [-0.3, -0.25) is 4.79 Å². The Balaban J connectivity index is 0. The second-order valence-corrected chi connectivity index (χ2v) is 2.41. The van der Waals surface area contributed by atoms with E-state index in [0.29, 0.717) is 0 Å². The molecule has 4 N–H and O–H groups in total. The van der Waals surface area contributed by atoms with Gasteiger partial charge in [-0.1, -0.05) is 0 Å². The SMILES string of the molecule is NC(=O)P(=O)(O)O.[KH]. The fraction of sp³-hybridized carbons (Fsp3) is 0. The Bertz CT molecular complexity index is 128. The Morgan fingerprint density at radius 3 is 1.62 bits per heavy atom. The van der Waals surface area contributed by atoms with Crippen LogP contribution in [0.5, 0.6) is 0 Å². The Kier molecular flexibility index (Phi) is 6.19. The van der Waals surface area contributed by atoms with Gasteiger partial charge >= 0.3 is 64.6 Å². The van der Waals surface area contributed by atoms with Crippen LogP contribution in [0.4, 0.5) is 4.79 Å². The van der Waals surface area contributed by atoms with Gasteiger partial charge in [0.1, 0.15) is 0 Å². The molecule has 1 amide bonds. The molecule has 0 bridgehead atoms. The molecule has 0 aromatic heterocycles. The Morgan fingerprint density at radius 1 is 1.50 bits per heavy atom. The first kappa shape index (κ1) is 12.0. The molecule has 0 saturated carbocycles. The minimum atomic E-state index is -4.60. The molecule has 0 spiro atoms. The summed E-state index contributed by atoms with van der Waals surface area (Å²) >= 11 is 0. The van der Waals surface area contributed by atoms with Crippen LogP contribution in [0.25, 0.3) is 0 Å². The van der Waals surface area contributed by atoms with Crippen molar-refractivity contribution in [1.82, 2.24) is 0 Å². The van der Waals surface area contributed by atoms with Crippen LogP contribution in [0.1, 0.15) is 0 Å². The maximum atomic E-state index is 9.55. The van der Waals surface area contributed by atoms with Gasteiger partial charge in [0.25, 0.3) is 0 Å². The van der Waals surface area contributed by atoms with E-state index >= 15 is 0 Å². The molecule has 0 aliphatic heterocycles. The molecule has 0 saturated heterocycles. The first-order valence-corrected chi connectivity index (χ1v) is 2.91. The van der Waals surface area contributed by atoms with Crippen LogP contribution in [0.3, 0.4) is 0 Å². The number of rotatable bonds is 1. The van der Waals surface area contributed by atoms with E-state index < -0.39 is 13.2 Å². The normalized spacial score (nSPS) is 9.75. The molecule has 0 atom stereocenters. The van der Waals surface area contributed by atoms with E-state index in [1.54, 1.807) is 0 Å². The monoisotopic (exact) mass is 165 g/mol. The summed E-state index contributed by atoms with van der Waals surface area (Å²) in [6, 6.07) is 0. The summed E-state index contributed by atoms with van der Waals surface area (Å²) in [5.74, 6) is 0. The van der Waals surface area contributed by atoms with Gasteiger partial charge in [0, 0.05) is 0 Å². The van der Waals surface area contributed by atoms with Gasteiger partial charge in [-0.05, 0) is 0 Å². The van der Waals surface area contributed by atoms with Crippen LogP contribution < -0.4 is 5.73 Å². The van der Waals surface area contributed by atoms with Gasteiger partial charge < -0.3 is 15.5 Å². The van der Waals surface area contributed by atoms with Crippen LogP contribution in [0.2, 0.25) is 0 Å². The van der Waals surface area contributed by atoms with Crippen molar-refractivity contribution in [2.45, 2.75) is 0 Å². The van der Waals surface area contributed by atoms with Gasteiger partial charge in [-0.2, -0.15) is 0 Å². The summed E-state index contributed by atoms with van der Waals surface area (Å²) in [4.78, 5) is 24.9. The van der Waals surface area contributed by atoms with E-state index in [0.717, 1.165) is 0 Å². The minimum absolute atomic E-state index is 0. The summed E-state index contributed by atoms with van der Waals surface area (Å²) in [5, 5.41) is 0. The second kappa shape index (κ2) is 4.13. The quantitative estimate of drug-likeness (QED) is 0.328. The molecule has 0 heterocycles. The van der Waals surface area contributed by atoms with E-state index in [-0.39, 0.29) is 51.4 Å². The van der Waals surface area contributed by atoms with E-state index in [2.05, 4.69) is 5.73 Å². The van der Waals surface area contributed by atoms with Crippen LogP contribution in [0.15, 0.2) is 0 Å². The number of hydrogen-bond acceptors (Lipinski definition) is 2. The summed E-state index contributed by atoms with van der Waals surface area (Å²) in [6.07, 6.45) is 0. The molecule has 7 heteroatoms. The Morgan fingerprint density at radius 2 is 1.62 bits per heavy atom. The van der Waals surface area contributed by atoms with Crippen molar-refractivity contribution in [3.8, 4) is 0 Å². The van der Waals surface area contributed by atoms with E-state index in [1.807, 2.05) is 0 Å². The third-order valence-corrected chi connectivity index (χ3v) is 0.861. The van der Waals surface area contributed by atoms with Crippen LogP contribution in [-0.2, 0) is 4.57 Å². The van der Waals surface area contributed by atoms with Crippen molar-refractivity contribution in [3.05, 3.63) is 0 Å². The Hall–Kier alpha value is 1.26. The predicted molar refractivity (Wildman–Crippen MR) is 28.8 cm³/mol. The summed E-state index contributed by atoms with van der Waals surface area (Å²) in [6.45, 7) is 0. The molecular weight excluding hydrogens is 160 g/mol. The zero-order valence-corrected chi connectivity index (χ0v) is 4.13. The average molecular weight is 165 g/mol. The zero-order valence-electron chi connectivity index (χ0n) is 3.24. The van der Waals surface area contributed by atoms with Crippen LogP contribution in [-0.4, -0.2) is 66.8 Å². The molecule has 0 fully saturated rings. The number of carbonyl (C=O) groups is 1. The van der Waals surface area contributed by atoms with Crippen molar-refractivity contribution in [2.24, 2.45) is 5.73 Å². The topological polar surface area (TPSA) is 101 Å². The first-order chi connectivity index (χ1) is 2.94. The number of carbonyl (C=O) groups excluding carboxylic acids is 1. The van der Waals surface area contributed by atoms with Gasteiger partial charge in [-0.15, -0.1) is 0 Å². The summed E-state index contributed by atoms with van der Waals surface area (Å²) in [5.41, 5.74) is 2.58. The third-order valence-electron chi connectivity index (χ3n) is 0.287. The predicted octanol–water partition coefficient (Wildman–Crippen LogP) is -1.41. The Labute approximate surface area is 88.2 Å². The number of hydrogen-bond donors (Lipinski definition) is 3. The number of nitrogens with two attached hydrogens (primary N) is 1. The summed E-state index contributed by atoms with van der Waals surface area (Å²) in [7, 11) is -4.60. The van der Waals surface area contributed by atoms with E-state index in [9.17, 15) is 9.36 Å². The van der Waals surface area contributed by atoms with Crippen molar-refractivity contribution in [2.75, 3.05) is 0 Å². The van der Waals surface area contributed by atoms with Crippen LogP contribution >= 0.6 is 7.60 Å². The van der Waals surface area contributed by atoms with E-state index in [1.165, 1.54) is 0 Å². The molecule has 44 valence electrons. The van der Waals surface area contributed by atoms with Crippen molar-refractivity contribution < 1.29 is 19.1 Å². The molecule has 0 aliphatic rings. The fourth-order valence-corrected chi connectivity index (χ4v) is 0. The molecule has 8 heavy (non-hydrogen) atoms. The van der Waals surface area contributed by atoms with Crippen molar-refractivity contribution in [1.29, 1.82) is 0 Å². The summed E-state index contributed by atoms with van der Waals surface area (Å²) < 4.78 is 9.55. The molecular formula is CH5KNO4P. The molecule has 0 aromatic carbocycles. The molecule has 0 aliphatic carbocycles. The first-order valence-electron chi connectivity index (χ1n) is 1.30. The van der Waals surface area contributed by atoms with Crippen molar-refractivity contribution >= 4 is 64.6 Å². The molecule has 0 rings (SSSR count). The molecule has 0 aromatic rings. The molecule has 5 nitrogen and oxygen atoms in total. The van der Waals surface area contributed by atoms with Crippen LogP contribution in [0, 0.1) is 0 Å². The third kappa shape index (κ3) is 5.39. The average Bonchev–Trinajstić information content (AvgIpc) is 1.31. The number of primary amides is 1. The van der Waals surface area contributed by atoms with Gasteiger partial charge in [0.05, 0.1) is 0 Å². The number of amides is 1. The van der Waals surface area contributed by atoms with Gasteiger partial charge in [-0.25, -0.2) is 4.57 Å². The second-order valence-electron chi connectivity index (χ2n) is 0.882. The van der Waals surface area contributed by atoms with Gasteiger partial charge in [0.2, 0.25) is 0 Å². The van der Waals surface area contributed by atoms with Gasteiger partial charge in [0.15, 0.2) is 0 Å². The zero-order chi connectivity index (χ0) is 6.08. The van der Waals surface area contributed by atoms with Crippen molar-refractivity contribution in [3.63, 3.8) is 0 Å². The molecule has 0 unspecified atom stereocenters. The fourth-order valence-electron chi connectivity index (χ4n) is 0. The standard InChI is InChI=1S/CH4NO4P.K.H/c2-1(3)7(4,5)6;;/h(H2,2,3)(H2,4,5,6);;.